The molecule has 5 aromatic rings. The Kier molecular flexibility index (Phi) is 3.68. The van der Waals surface area contributed by atoms with Gasteiger partial charge in [-0.2, -0.15) is 0 Å². The highest BCUT2D eigenvalue weighted by Gasteiger charge is 2.15. The summed E-state index contributed by atoms with van der Waals surface area (Å²) in [4.78, 5) is 27.3. The summed E-state index contributed by atoms with van der Waals surface area (Å²) in [6.45, 7) is 0. The standard InChI is InChI=1S/C20H13FN4OS/c21-12-3-4-13-15(8-12)16-14(5-7-23-19(16)26)18-17(13)24-20(25-18)27-10-11-2-1-6-22-9-11/h1-9H,10H2,(H,23,26)(H,24,25). The maximum atomic E-state index is 13.9. The molecule has 0 fully saturated rings. The summed E-state index contributed by atoms with van der Waals surface area (Å²) < 4.78 is 13.9. The van der Waals surface area contributed by atoms with Crippen LogP contribution in [-0.4, -0.2) is 19.9 Å². The van der Waals surface area contributed by atoms with Crippen LogP contribution in [0.15, 0.2) is 64.9 Å². The molecule has 0 saturated heterocycles. The van der Waals surface area contributed by atoms with Crippen LogP contribution >= 0.6 is 11.8 Å². The number of rotatable bonds is 3. The summed E-state index contributed by atoms with van der Waals surface area (Å²) in [5.74, 6) is 0.343. The van der Waals surface area contributed by atoms with Gasteiger partial charge < -0.3 is 9.97 Å². The molecule has 0 spiro atoms. The third kappa shape index (κ3) is 2.67. The van der Waals surface area contributed by atoms with Crippen LogP contribution in [0.25, 0.3) is 32.6 Å². The number of nitrogens with zero attached hydrogens (tertiary/aromatic N) is 2. The van der Waals surface area contributed by atoms with E-state index in [4.69, 9.17) is 4.98 Å². The van der Waals surface area contributed by atoms with E-state index in [0.29, 0.717) is 21.7 Å². The Bertz CT molecular complexity index is 1360. The summed E-state index contributed by atoms with van der Waals surface area (Å²) in [7, 11) is 0. The van der Waals surface area contributed by atoms with Crippen molar-refractivity contribution in [2.75, 3.05) is 0 Å². The normalized spacial score (nSPS) is 11.6. The fourth-order valence-corrected chi connectivity index (χ4v) is 4.13. The molecule has 27 heavy (non-hydrogen) atoms. The number of thioether (sulfide) groups is 1. The Morgan fingerprint density at radius 2 is 2.04 bits per heavy atom. The van der Waals surface area contributed by atoms with Crippen LogP contribution in [-0.2, 0) is 5.75 Å². The molecule has 0 aliphatic rings. The monoisotopic (exact) mass is 376 g/mol. The van der Waals surface area contributed by atoms with Gasteiger partial charge in [0.05, 0.1) is 16.4 Å². The molecular formula is C20H13FN4OS. The second kappa shape index (κ2) is 6.21. The third-order valence-electron chi connectivity index (χ3n) is 4.52. The number of fused-ring (bicyclic) bond motifs is 6. The molecule has 0 radical (unpaired) electrons. The lowest BCUT2D eigenvalue weighted by Gasteiger charge is -2.05. The molecule has 0 aliphatic carbocycles. The van der Waals surface area contributed by atoms with E-state index in [0.717, 1.165) is 27.4 Å². The largest absolute Gasteiger partial charge is 0.332 e. The molecule has 3 aromatic heterocycles. The van der Waals surface area contributed by atoms with Crippen LogP contribution in [0.1, 0.15) is 5.56 Å². The topological polar surface area (TPSA) is 74.4 Å². The Hall–Kier alpha value is -3.19. The van der Waals surface area contributed by atoms with Gasteiger partial charge in [0.15, 0.2) is 5.16 Å². The highest BCUT2D eigenvalue weighted by molar-refractivity contribution is 7.98. The molecule has 0 aliphatic heterocycles. The van der Waals surface area contributed by atoms with Gasteiger partial charge in [-0.3, -0.25) is 9.78 Å². The highest BCUT2D eigenvalue weighted by atomic mass is 32.2. The van der Waals surface area contributed by atoms with Crippen LogP contribution < -0.4 is 5.56 Å². The van der Waals surface area contributed by atoms with E-state index in [1.54, 1.807) is 36.3 Å². The average molecular weight is 376 g/mol. The van der Waals surface area contributed by atoms with Crippen molar-refractivity contribution in [3.05, 3.63) is 76.7 Å². The first-order chi connectivity index (χ1) is 13.2. The van der Waals surface area contributed by atoms with Crippen LogP contribution in [0.2, 0.25) is 0 Å². The summed E-state index contributed by atoms with van der Waals surface area (Å²) in [5.41, 5.74) is 2.36. The van der Waals surface area contributed by atoms with Gasteiger partial charge in [-0.1, -0.05) is 17.8 Å². The van der Waals surface area contributed by atoms with E-state index in [-0.39, 0.29) is 11.4 Å². The van der Waals surface area contributed by atoms with Gasteiger partial charge in [0.25, 0.3) is 5.56 Å². The molecular weight excluding hydrogens is 363 g/mol. The number of aromatic nitrogens is 4. The molecule has 3 heterocycles. The number of pyridine rings is 2. The van der Waals surface area contributed by atoms with Crippen molar-refractivity contribution >= 4 is 44.3 Å². The molecule has 2 N–H and O–H groups in total. The van der Waals surface area contributed by atoms with E-state index in [1.165, 1.54) is 12.1 Å². The van der Waals surface area contributed by atoms with Gasteiger partial charge in [-0.15, -0.1) is 0 Å². The number of hydrogen-bond acceptors (Lipinski definition) is 4. The molecule has 2 aromatic carbocycles. The minimum absolute atomic E-state index is 0.252. The maximum absolute atomic E-state index is 13.9. The zero-order chi connectivity index (χ0) is 18.4. The smallest absolute Gasteiger partial charge is 0.256 e. The first kappa shape index (κ1) is 16.0. The van der Waals surface area contributed by atoms with Gasteiger partial charge in [-0.05, 0) is 35.9 Å². The number of halogens is 1. The third-order valence-corrected chi connectivity index (χ3v) is 5.46. The number of aromatic amines is 2. The van der Waals surface area contributed by atoms with Gasteiger partial charge in [0.2, 0.25) is 0 Å². The quantitative estimate of drug-likeness (QED) is 0.362. The minimum atomic E-state index is -0.378. The van der Waals surface area contributed by atoms with Gasteiger partial charge >= 0.3 is 0 Å². The zero-order valence-corrected chi connectivity index (χ0v) is 14.8. The van der Waals surface area contributed by atoms with E-state index in [9.17, 15) is 9.18 Å². The van der Waals surface area contributed by atoms with Crippen molar-refractivity contribution < 1.29 is 4.39 Å². The zero-order valence-electron chi connectivity index (χ0n) is 14.0. The van der Waals surface area contributed by atoms with Gasteiger partial charge in [0.1, 0.15) is 5.82 Å². The van der Waals surface area contributed by atoms with Crippen LogP contribution in [0.4, 0.5) is 4.39 Å². The van der Waals surface area contributed by atoms with Crippen LogP contribution in [0, 0.1) is 5.82 Å². The summed E-state index contributed by atoms with van der Waals surface area (Å²) >= 11 is 1.56. The number of hydrogen-bond donors (Lipinski definition) is 2. The lowest BCUT2D eigenvalue weighted by atomic mass is 10.0. The first-order valence-corrected chi connectivity index (χ1v) is 9.33. The number of benzene rings is 2. The van der Waals surface area contributed by atoms with Crippen molar-refractivity contribution in [1.29, 1.82) is 0 Å². The molecule has 5 nitrogen and oxygen atoms in total. The van der Waals surface area contributed by atoms with E-state index < -0.39 is 0 Å². The summed E-state index contributed by atoms with van der Waals surface area (Å²) in [6, 6.07) is 10.2. The predicted molar refractivity (Wildman–Crippen MR) is 105 cm³/mol. The maximum Gasteiger partial charge on any atom is 0.256 e. The molecule has 0 atom stereocenters. The Labute approximate surface area is 156 Å². The first-order valence-electron chi connectivity index (χ1n) is 8.35. The molecule has 132 valence electrons. The van der Waals surface area contributed by atoms with E-state index >= 15 is 0 Å². The lowest BCUT2D eigenvalue weighted by Crippen LogP contribution is -2.05. The molecule has 0 saturated carbocycles. The molecule has 0 unspecified atom stereocenters. The molecule has 7 heteroatoms. The Morgan fingerprint density at radius 1 is 1.11 bits per heavy atom. The van der Waals surface area contributed by atoms with Crippen molar-refractivity contribution in [3.8, 4) is 0 Å². The van der Waals surface area contributed by atoms with Crippen molar-refractivity contribution in [1.82, 2.24) is 19.9 Å². The highest BCUT2D eigenvalue weighted by Crippen LogP contribution is 2.34. The summed E-state index contributed by atoms with van der Waals surface area (Å²) in [6.07, 6.45) is 5.15. The fourth-order valence-electron chi connectivity index (χ4n) is 3.33. The van der Waals surface area contributed by atoms with Crippen LogP contribution in [0.3, 0.4) is 0 Å². The SMILES string of the molecule is O=c1[nH]ccc2c3nc(SCc4cccnc4)[nH]c3c3ccc(F)cc3c12. The number of H-pyrrole nitrogens is 2. The average Bonchev–Trinajstić information content (AvgIpc) is 3.12. The second-order valence-electron chi connectivity index (χ2n) is 6.20. The van der Waals surface area contributed by atoms with Gasteiger partial charge in [-0.25, -0.2) is 9.37 Å². The molecule has 5 rings (SSSR count). The number of nitrogens with one attached hydrogen (secondary N) is 2. The molecule has 0 amide bonds. The van der Waals surface area contributed by atoms with Crippen molar-refractivity contribution in [2.24, 2.45) is 0 Å². The van der Waals surface area contributed by atoms with Crippen molar-refractivity contribution in [2.45, 2.75) is 10.9 Å². The van der Waals surface area contributed by atoms with E-state index in [1.807, 2.05) is 18.3 Å². The number of imidazole rings is 1. The summed E-state index contributed by atoms with van der Waals surface area (Å²) in [5, 5.41) is 3.25. The van der Waals surface area contributed by atoms with Gasteiger partial charge in [0, 0.05) is 40.5 Å². The Morgan fingerprint density at radius 3 is 2.89 bits per heavy atom. The van der Waals surface area contributed by atoms with E-state index in [2.05, 4.69) is 15.0 Å². The lowest BCUT2D eigenvalue weighted by molar-refractivity contribution is 0.630. The Balaban J connectivity index is 1.74. The predicted octanol–water partition coefficient (Wildman–Crippen LogP) is 4.38. The fraction of sp³-hybridized carbons (Fsp3) is 0.0500. The minimum Gasteiger partial charge on any atom is -0.332 e. The van der Waals surface area contributed by atoms with Crippen LogP contribution in [0.5, 0.6) is 0 Å². The molecule has 0 bridgehead atoms. The second-order valence-corrected chi connectivity index (χ2v) is 7.16. The van der Waals surface area contributed by atoms with Crippen molar-refractivity contribution in [3.63, 3.8) is 0 Å².